The highest BCUT2D eigenvalue weighted by Gasteiger charge is 2.33. The number of pyridine rings is 1. The molecule has 1 aliphatic carbocycles. The lowest BCUT2D eigenvalue weighted by Crippen LogP contribution is -2.50. The summed E-state index contributed by atoms with van der Waals surface area (Å²) in [4.78, 5) is 10.8. The van der Waals surface area contributed by atoms with Gasteiger partial charge in [-0.05, 0) is 148 Å². The zero-order valence-corrected chi connectivity index (χ0v) is 43.6. The number of piperazine rings is 1. The first kappa shape index (κ1) is 50.3. The summed E-state index contributed by atoms with van der Waals surface area (Å²) >= 11 is 0. The number of rotatable bonds is 21. The molecule has 0 spiro atoms. The third-order valence-corrected chi connectivity index (χ3v) is 16.3. The van der Waals surface area contributed by atoms with E-state index in [-0.39, 0.29) is 11.5 Å². The molecule has 2 N–H and O–H groups in total. The van der Waals surface area contributed by atoms with Crippen LogP contribution in [0.25, 0.3) is 33.3 Å². The van der Waals surface area contributed by atoms with Crippen molar-refractivity contribution in [1.29, 1.82) is 0 Å². The minimum Gasteiger partial charge on any atom is -0.368 e. The highest BCUT2D eigenvalue weighted by Crippen LogP contribution is 2.44. The minimum atomic E-state index is 0.0205. The number of aromatic nitrogens is 2. The lowest BCUT2D eigenvalue weighted by molar-refractivity contribution is -0.0528. The molecule has 2 aromatic carbocycles. The lowest BCUT2D eigenvalue weighted by Gasteiger charge is -2.41. The van der Waals surface area contributed by atoms with Crippen molar-refractivity contribution in [2.24, 2.45) is 5.41 Å². The molecular weight excluding hydrogens is 835 g/mol. The van der Waals surface area contributed by atoms with Gasteiger partial charge in [0.05, 0.1) is 23.3 Å². The SMILES string of the molecule is C=CC(Cc1cc(CCN2C(C=C)CCCN2C)cc(-c2ccc3c(c2)c(CC(C)(C)CCC(=C)[C@@H]2CCCN(C)N2)c(-c2cc(N4CCN(C5CC5)CC4)cnc2C(C)CC)n3CC)c1)NC. The number of hydrogen-bond acceptors (Lipinski definition) is 8. The topological polar surface area (TPSA) is 58.1 Å². The predicted octanol–water partition coefficient (Wildman–Crippen LogP) is 11.0. The molecule has 0 bridgehead atoms. The fraction of sp³-hybridized carbons (Fsp3) is 0.576. The summed E-state index contributed by atoms with van der Waals surface area (Å²) in [5, 5.41) is 12.1. The van der Waals surface area contributed by atoms with Crippen LogP contribution in [0.5, 0.6) is 0 Å². The number of aryl methyl sites for hydroxylation is 1. The molecule has 1 saturated carbocycles. The van der Waals surface area contributed by atoms with Crippen LogP contribution in [-0.2, 0) is 25.8 Å². The number of likely N-dealkylation sites (N-methyl/N-ethyl adjacent to an activating group) is 1. The van der Waals surface area contributed by atoms with Crippen molar-refractivity contribution in [1.82, 2.24) is 40.2 Å². The van der Waals surface area contributed by atoms with Gasteiger partial charge in [0.15, 0.2) is 0 Å². The van der Waals surface area contributed by atoms with Crippen LogP contribution in [-0.4, -0.2) is 121 Å². The van der Waals surface area contributed by atoms with E-state index in [0.717, 1.165) is 103 Å². The van der Waals surface area contributed by atoms with E-state index >= 15 is 0 Å². The summed E-state index contributed by atoms with van der Waals surface area (Å²) in [7, 11) is 6.44. The largest absolute Gasteiger partial charge is 0.368 e. The van der Waals surface area contributed by atoms with Crippen LogP contribution in [0, 0.1) is 5.41 Å². The Bertz CT molecular complexity index is 2360. The van der Waals surface area contributed by atoms with Crippen LogP contribution >= 0.6 is 0 Å². The molecule has 9 heteroatoms. The third kappa shape index (κ3) is 11.6. The average molecular weight is 922 g/mol. The number of hydrogen-bond donors (Lipinski definition) is 2. The molecule has 0 amide bonds. The number of nitrogens with zero attached hydrogens (tertiary/aromatic N) is 7. The number of anilines is 1. The van der Waals surface area contributed by atoms with Gasteiger partial charge in [-0.25, -0.2) is 20.5 Å². The molecule has 368 valence electrons. The molecule has 3 aliphatic heterocycles. The van der Waals surface area contributed by atoms with Gasteiger partial charge in [0.1, 0.15) is 0 Å². The summed E-state index contributed by atoms with van der Waals surface area (Å²) in [5.41, 5.74) is 18.3. The summed E-state index contributed by atoms with van der Waals surface area (Å²) in [5.74, 6) is 0.333. The van der Waals surface area contributed by atoms with Crippen LogP contribution < -0.4 is 15.6 Å². The average Bonchev–Trinajstić information content (AvgIpc) is 4.17. The molecule has 4 fully saturated rings. The second-order valence-corrected chi connectivity index (χ2v) is 21.9. The van der Waals surface area contributed by atoms with Gasteiger partial charge in [0, 0.05) is 107 Å². The lowest BCUT2D eigenvalue weighted by atomic mass is 9.78. The Morgan fingerprint density at radius 3 is 2.38 bits per heavy atom. The second-order valence-electron chi connectivity index (χ2n) is 21.9. The summed E-state index contributed by atoms with van der Waals surface area (Å²) in [6.07, 6.45) is 19.8. The maximum Gasteiger partial charge on any atom is 0.0560 e. The first-order valence-electron chi connectivity index (χ1n) is 26.7. The Kier molecular flexibility index (Phi) is 16.5. The molecule has 4 aliphatic rings. The first-order valence-corrected chi connectivity index (χ1v) is 26.7. The van der Waals surface area contributed by atoms with Crippen molar-refractivity contribution >= 4 is 16.6 Å². The highest BCUT2D eigenvalue weighted by molar-refractivity contribution is 5.95. The van der Waals surface area contributed by atoms with Gasteiger partial charge in [-0.2, -0.15) is 0 Å². The highest BCUT2D eigenvalue weighted by atomic mass is 15.6. The quantitative estimate of drug-likeness (QED) is 0.0802. The molecule has 5 heterocycles. The first-order chi connectivity index (χ1) is 32.8. The van der Waals surface area contributed by atoms with Crippen LogP contribution in [0.2, 0.25) is 0 Å². The number of fused-ring (bicyclic) bond motifs is 1. The van der Waals surface area contributed by atoms with E-state index in [1.807, 2.05) is 13.1 Å². The van der Waals surface area contributed by atoms with Crippen molar-refractivity contribution in [3.8, 4) is 22.4 Å². The number of hydrazine groups is 2. The fourth-order valence-corrected chi connectivity index (χ4v) is 11.7. The Morgan fingerprint density at radius 1 is 0.926 bits per heavy atom. The minimum absolute atomic E-state index is 0.0205. The molecule has 9 nitrogen and oxygen atoms in total. The van der Waals surface area contributed by atoms with E-state index in [0.29, 0.717) is 18.0 Å². The molecular formula is C59H87N9. The van der Waals surface area contributed by atoms with Gasteiger partial charge >= 0.3 is 0 Å². The zero-order chi connectivity index (χ0) is 48.1. The maximum absolute atomic E-state index is 5.44. The van der Waals surface area contributed by atoms with Crippen molar-refractivity contribution < 1.29 is 0 Å². The predicted molar refractivity (Wildman–Crippen MR) is 289 cm³/mol. The van der Waals surface area contributed by atoms with E-state index in [1.165, 1.54) is 99.0 Å². The molecule has 68 heavy (non-hydrogen) atoms. The summed E-state index contributed by atoms with van der Waals surface area (Å²) < 4.78 is 2.64. The van der Waals surface area contributed by atoms with E-state index in [1.54, 1.807) is 0 Å². The smallest absolute Gasteiger partial charge is 0.0560 e. The van der Waals surface area contributed by atoms with Gasteiger partial charge in [0.25, 0.3) is 0 Å². The Hall–Kier alpha value is -4.09. The summed E-state index contributed by atoms with van der Waals surface area (Å²) in [6.45, 7) is 33.5. The van der Waals surface area contributed by atoms with E-state index in [9.17, 15) is 0 Å². The normalized spacial score (nSPS) is 21.3. The van der Waals surface area contributed by atoms with Crippen molar-refractivity contribution in [3.05, 3.63) is 109 Å². The standard InChI is InChI=1S/C59H87N9/c1-12-42(5)57-53(39-51(41-61-57)66-32-30-65(31-33-66)50-21-22-50)58-54(40-59(7,8)26-24-43(6)55-19-17-27-63(10)62-55)52-38-46(20-23-56(52)67(58)15-4)47-35-44(34-45(36-47)37-48(13-2)60-9)25-29-68-49(14-3)18-16-28-64(68)11/h13-14,20,23,34-36,38-39,41-42,48-50,55,60,62H,2-3,6,12,15-19,21-22,24-33,37,40H2,1,4-5,7-11H3/t42?,48?,49?,55-/m0/s1. The van der Waals surface area contributed by atoms with Crippen LogP contribution in [0.3, 0.4) is 0 Å². The van der Waals surface area contributed by atoms with Gasteiger partial charge in [-0.1, -0.05) is 76.3 Å². The van der Waals surface area contributed by atoms with E-state index in [4.69, 9.17) is 4.98 Å². The van der Waals surface area contributed by atoms with Crippen molar-refractivity contribution in [2.75, 3.05) is 71.9 Å². The van der Waals surface area contributed by atoms with Crippen LogP contribution in [0.4, 0.5) is 5.69 Å². The Labute approximate surface area is 411 Å². The van der Waals surface area contributed by atoms with Crippen molar-refractivity contribution in [2.45, 2.75) is 148 Å². The van der Waals surface area contributed by atoms with E-state index in [2.05, 4.69) is 163 Å². The monoisotopic (exact) mass is 922 g/mol. The Morgan fingerprint density at radius 2 is 1.69 bits per heavy atom. The fourth-order valence-electron chi connectivity index (χ4n) is 11.7. The molecule has 3 saturated heterocycles. The van der Waals surface area contributed by atoms with Gasteiger partial charge in [-0.15, -0.1) is 13.2 Å². The molecule has 8 rings (SSSR count). The molecule has 3 unspecified atom stereocenters. The number of benzene rings is 2. The molecule has 4 atom stereocenters. The molecule has 2 aromatic heterocycles. The second kappa shape index (κ2) is 22.3. The van der Waals surface area contributed by atoms with Gasteiger partial charge < -0.3 is 14.8 Å². The van der Waals surface area contributed by atoms with Crippen LogP contribution in [0.1, 0.15) is 121 Å². The molecule has 4 aromatic rings. The summed E-state index contributed by atoms with van der Waals surface area (Å²) in [6, 6.07) is 19.0. The maximum atomic E-state index is 5.44. The molecule has 0 radical (unpaired) electrons. The van der Waals surface area contributed by atoms with Crippen molar-refractivity contribution in [3.63, 3.8) is 0 Å². The third-order valence-electron chi connectivity index (χ3n) is 16.3. The van der Waals surface area contributed by atoms with Gasteiger partial charge in [-0.3, -0.25) is 9.88 Å². The number of nitrogens with one attached hydrogen (secondary N) is 2. The van der Waals surface area contributed by atoms with Crippen LogP contribution in [0.15, 0.2) is 86.1 Å². The van der Waals surface area contributed by atoms with Gasteiger partial charge in [0.2, 0.25) is 0 Å². The Balaban J connectivity index is 1.23. The zero-order valence-electron chi connectivity index (χ0n) is 43.6. The van der Waals surface area contributed by atoms with E-state index < -0.39 is 0 Å².